The van der Waals surface area contributed by atoms with Gasteiger partial charge in [-0.3, -0.25) is 4.79 Å². The van der Waals surface area contributed by atoms with E-state index in [4.69, 9.17) is 9.47 Å². The number of nitrogens with zero attached hydrogens (tertiary/aromatic N) is 2. The van der Waals surface area contributed by atoms with E-state index in [1.807, 2.05) is 44.2 Å². The summed E-state index contributed by atoms with van der Waals surface area (Å²) in [6, 6.07) is 9.67. The smallest absolute Gasteiger partial charge is 0.279 e. The summed E-state index contributed by atoms with van der Waals surface area (Å²) in [4.78, 5) is 17.9. The van der Waals surface area contributed by atoms with Crippen molar-refractivity contribution in [2.24, 2.45) is 4.99 Å². The third-order valence-electron chi connectivity index (χ3n) is 4.44. The van der Waals surface area contributed by atoms with Crippen LogP contribution in [0.3, 0.4) is 0 Å². The van der Waals surface area contributed by atoms with Crippen LogP contribution in [-0.2, 0) is 6.54 Å². The van der Waals surface area contributed by atoms with Crippen molar-refractivity contribution in [2.75, 3.05) is 14.2 Å². The van der Waals surface area contributed by atoms with Gasteiger partial charge in [0.1, 0.15) is 0 Å². The van der Waals surface area contributed by atoms with E-state index in [2.05, 4.69) is 16.5 Å². The molecular weight excluding hydrogens is 360 g/mol. The van der Waals surface area contributed by atoms with Crippen molar-refractivity contribution in [3.63, 3.8) is 0 Å². The maximum atomic E-state index is 12.8. The SMILES string of the molecule is CCCn1c(=NC(=O)c2ccc(C)cc2C)sc2cc(OC)c(OC)cc21. The molecule has 1 aromatic heterocycles. The van der Waals surface area contributed by atoms with Crippen molar-refractivity contribution in [1.29, 1.82) is 0 Å². The van der Waals surface area contributed by atoms with Crippen LogP contribution in [0.15, 0.2) is 35.3 Å². The van der Waals surface area contributed by atoms with Gasteiger partial charge in [-0.05, 0) is 31.9 Å². The minimum Gasteiger partial charge on any atom is -0.493 e. The van der Waals surface area contributed by atoms with Gasteiger partial charge in [0.05, 0.1) is 24.4 Å². The predicted molar refractivity (Wildman–Crippen MR) is 109 cm³/mol. The quantitative estimate of drug-likeness (QED) is 0.651. The van der Waals surface area contributed by atoms with Crippen LogP contribution in [0.2, 0.25) is 0 Å². The average molecular weight is 385 g/mol. The number of carbonyl (C=O) groups excluding carboxylic acids is 1. The Hall–Kier alpha value is -2.60. The second kappa shape index (κ2) is 7.96. The van der Waals surface area contributed by atoms with Gasteiger partial charge < -0.3 is 14.0 Å². The number of hydrogen-bond acceptors (Lipinski definition) is 4. The first kappa shape index (κ1) is 19.2. The zero-order valence-electron chi connectivity index (χ0n) is 16.3. The molecule has 0 atom stereocenters. The molecule has 0 saturated carbocycles. The lowest BCUT2D eigenvalue weighted by molar-refractivity contribution is 0.0997. The predicted octanol–water partition coefficient (Wildman–Crippen LogP) is 4.49. The van der Waals surface area contributed by atoms with Gasteiger partial charge in [-0.2, -0.15) is 4.99 Å². The molecule has 6 heteroatoms. The van der Waals surface area contributed by atoms with Gasteiger partial charge in [0, 0.05) is 24.2 Å². The molecular formula is C21H24N2O3S. The summed E-state index contributed by atoms with van der Waals surface area (Å²) in [6.07, 6.45) is 0.936. The van der Waals surface area contributed by atoms with E-state index < -0.39 is 0 Å². The fourth-order valence-electron chi connectivity index (χ4n) is 3.12. The standard InChI is InChI=1S/C21H24N2O3S/c1-6-9-23-16-11-17(25-4)18(26-5)12-19(16)27-21(23)22-20(24)15-8-7-13(2)10-14(15)3/h7-8,10-12H,6,9H2,1-5H3. The minimum absolute atomic E-state index is 0.220. The number of aryl methyl sites for hydroxylation is 3. The number of amides is 1. The molecule has 0 aliphatic rings. The van der Waals surface area contributed by atoms with E-state index in [0.717, 1.165) is 34.3 Å². The van der Waals surface area contributed by atoms with Crippen LogP contribution in [0.1, 0.15) is 34.8 Å². The molecule has 0 N–H and O–H groups in total. The Labute approximate surface area is 162 Å². The largest absolute Gasteiger partial charge is 0.493 e. The Morgan fingerprint density at radius 3 is 2.44 bits per heavy atom. The van der Waals surface area contributed by atoms with Crippen LogP contribution in [0.25, 0.3) is 10.2 Å². The first-order valence-corrected chi connectivity index (χ1v) is 9.71. The Balaban J connectivity index is 2.18. The number of methoxy groups -OCH3 is 2. The summed E-state index contributed by atoms with van der Waals surface area (Å²) in [5.41, 5.74) is 3.70. The van der Waals surface area contributed by atoms with E-state index in [9.17, 15) is 4.79 Å². The van der Waals surface area contributed by atoms with E-state index >= 15 is 0 Å². The molecule has 0 radical (unpaired) electrons. The molecule has 0 spiro atoms. The molecule has 1 amide bonds. The zero-order chi connectivity index (χ0) is 19.6. The van der Waals surface area contributed by atoms with Gasteiger partial charge in [-0.15, -0.1) is 0 Å². The highest BCUT2D eigenvalue weighted by Gasteiger charge is 2.14. The van der Waals surface area contributed by atoms with Gasteiger partial charge in [-0.1, -0.05) is 36.0 Å². The third kappa shape index (κ3) is 3.76. The number of fused-ring (bicyclic) bond motifs is 1. The summed E-state index contributed by atoms with van der Waals surface area (Å²) in [7, 11) is 3.24. The van der Waals surface area contributed by atoms with E-state index in [1.165, 1.54) is 11.3 Å². The van der Waals surface area contributed by atoms with Gasteiger partial charge in [0.25, 0.3) is 5.91 Å². The minimum atomic E-state index is -0.220. The maximum absolute atomic E-state index is 12.8. The van der Waals surface area contributed by atoms with E-state index in [-0.39, 0.29) is 5.91 Å². The Morgan fingerprint density at radius 2 is 1.81 bits per heavy atom. The molecule has 0 bridgehead atoms. The Kier molecular flexibility index (Phi) is 5.65. The zero-order valence-corrected chi connectivity index (χ0v) is 17.1. The van der Waals surface area contributed by atoms with Crippen LogP contribution >= 0.6 is 11.3 Å². The lowest BCUT2D eigenvalue weighted by Gasteiger charge is -2.09. The van der Waals surface area contributed by atoms with Crippen LogP contribution in [0.5, 0.6) is 11.5 Å². The molecule has 3 rings (SSSR count). The number of benzene rings is 2. The lowest BCUT2D eigenvalue weighted by atomic mass is 10.1. The average Bonchev–Trinajstić information content (AvgIpc) is 2.96. The first-order chi connectivity index (χ1) is 13.0. The fraction of sp³-hybridized carbons (Fsp3) is 0.333. The second-order valence-electron chi connectivity index (χ2n) is 6.45. The Bertz CT molecular complexity index is 1060. The molecule has 0 aliphatic heterocycles. The molecule has 1 heterocycles. The maximum Gasteiger partial charge on any atom is 0.279 e. The molecule has 27 heavy (non-hydrogen) atoms. The lowest BCUT2D eigenvalue weighted by Crippen LogP contribution is -2.17. The van der Waals surface area contributed by atoms with E-state index in [1.54, 1.807) is 14.2 Å². The molecule has 0 unspecified atom stereocenters. The van der Waals surface area contributed by atoms with Crippen LogP contribution in [0.4, 0.5) is 0 Å². The van der Waals surface area contributed by atoms with Gasteiger partial charge in [0.2, 0.25) is 0 Å². The molecule has 0 saturated heterocycles. The summed E-state index contributed by atoms with van der Waals surface area (Å²) in [6.45, 7) is 6.83. The number of aromatic nitrogens is 1. The van der Waals surface area contributed by atoms with Crippen molar-refractivity contribution in [2.45, 2.75) is 33.7 Å². The molecule has 5 nitrogen and oxygen atoms in total. The van der Waals surface area contributed by atoms with Crippen LogP contribution in [0, 0.1) is 13.8 Å². The summed E-state index contributed by atoms with van der Waals surface area (Å²) in [5.74, 6) is 1.12. The molecule has 2 aromatic carbocycles. The normalized spacial score (nSPS) is 11.8. The number of thiazole rings is 1. The first-order valence-electron chi connectivity index (χ1n) is 8.90. The summed E-state index contributed by atoms with van der Waals surface area (Å²) in [5, 5.41) is 0. The topological polar surface area (TPSA) is 52.8 Å². The molecule has 0 fully saturated rings. The number of ether oxygens (including phenoxy) is 2. The monoisotopic (exact) mass is 384 g/mol. The second-order valence-corrected chi connectivity index (χ2v) is 7.46. The van der Waals surface area contributed by atoms with Gasteiger partial charge in [0.15, 0.2) is 16.3 Å². The van der Waals surface area contributed by atoms with Gasteiger partial charge >= 0.3 is 0 Å². The van der Waals surface area contributed by atoms with Crippen molar-refractivity contribution in [3.8, 4) is 11.5 Å². The summed E-state index contributed by atoms with van der Waals surface area (Å²) >= 11 is 1.48. The molecule has 3 aromatic rings. The van der Waals surface area contributed by atoms with Crippen molar-refractivity contribution in [3.05, 3.63) is 51.8 Å². The van der Waals surface area contributed by atoms with Gasteiger partial charge in [-0.25, -0.2) is 0 Å². The number of rotatable bonds is 5. The third-order valence-corrected chi connectivity index (χ3v) is 5.49. The Morgan fingerprint density at radius 1 is 1.11 bits per heavy atom. The fourth-order valence-corrected chi connectivity index (χ4v) is 4.19. The highest BCUT2D eigenvalue weighted by atomic mass is 32.1. The molecule has 0 aliphatic carbocycles. The highest BCUT2D eigenvalue weighted by molar-refractivity contribution is 7.16. The molecule has 142 valence electrons. The highest BCUT2D eigenvalue weighted by Crippen LogP contribution is 2.33. The van der Waals surface area contributed by atoms with Crippen molar-refractivity contribution < 1.29 is 14.3 Å². The van der Waals surface area contributed by atoms with E-state index in [0.29, 0.717) is 21.9 Å². The van der Waals surface area contributed by atoms with Crippen molar-refractivity contribution in [1.82, 2.24) is 4.57 Å². The summed E-state index contributed by atoms with van der Waals surface area (Å²) < 4.78 is 13.9. The van der Waals surface area contributed by atoms with Crippen LogP contribution < -0.4 is 14.3 Å². The number of carbonyl (C=O) groups is 1. The van der Waals surface area contributed by atoms with Crippen LogP contribution in [-0.4, -0.2) is 24.7 Å². The number of hydrogen-bond donors (Lipinski definition) is 0. The van der Waals surface area contributed by atoms with Crippen molar-refractivity contribution >= 4 is 27.5 Å².